The lowest BCUT2D eigenvalue weighted by molar-refractivity contribution is 0.150. The maximum Gasteiger partial charge on any atom is 0.123 e. The molecule has 0 bridgehead atoms. The molecule has 0 amide bonds. The summed E-state index contributed by atoms with van der Waals surface area (Å²) in [5.74, 6) is -0.298. The van der Waals surface area contributed by atoms with Crippen LogP contribution in [0.5, 0.6) is 0 Å². The van der Waals surface area contributed by atoms with Gasteiger partial charge in [0.1, 0.15) is 5.82 Å². The van der Waals surface area contributed by atoms with Gasteiger partial charge in [0.05, 0.1) is 5.60 Å². The van der Waals surface area contributed by atoms with Crippen LogP contribution in [0.25, 0.3) is 0 Å². The van der Waals surface area contributed by atoms with Gasteiger partial charge in [-0.2, -0.15) is 0 Å². The third-order valence-electron chi connectivity index (χ3n) is 2.15. The predicted molar refractivity (Wildman–Crippen MR) is 47.2 cm³/mol. The van der Waals surface area contributed by atoms with Gasteiger partial charge in [-0.3, -0.25) is 0 Å². The van der Waals surface area contributed by atoms with Crippen molar-refractivity contribution < 1.29 is 9.50 Å². The maximum atomic E-state index is 12.8. The Labute approximate surface area is 78.3 Å². The van der Waals surface area contributed by atoms with E-state index in [9.17, 15) is 9.50 Å². The van der Waals surface area contributed by atoms with Crippen LogP contribution >= 0.6 is 15.9 Å². The first kappa shape index (κ1) is 8.20. The first-order valence-corrected chi connectivity index (χ1v) is 4.59. The van der Waals surface area contributed by atoms with Crippen molar-refractivity contribution in [2.45, 2.75) is 18.4 Å². The van der Waals surface area contributed by atoms with Gasteiger partial charge < -0.3 is 5.11 Å². The molecular weight excluding hydrogens is 223 g/mol. The average Bonchev–Trinajstić information content (AvgIpc) is 2.75. The SMILES string of the molecule is OC1(c2cc(F)ccc2Br)CC1. The van der Waals surface area contributed by atoms with Crippen LogP contribution in [0.3, 0.4) is 0 Å². The van der Waals surface area contributed by atoms with Gasteiger partial charge in [-0.15, -0.1) is 0 Å². The second kappa shape index (κ2) is 2.54. The summed E-state index contributed by atoms with van der Waals surface area (Å²) in [5.41, 5.74) is -0.0940. The first-order valence-electron chi connectivity index (χ1n) is 3.80. The number of hydrogen-bond acceptors (Lipinski definition) is 1. The molecule has 1 saturated carbocycles. The highest BCUT2D eigenvalue weighted by molar-refractivity contribution is 9.10. The van der Waals surface area contributed by atoms with E-state index in [1.54, 1.807) is 6.07 Å². The second-order valence-corrected chi connectivity index (χ2v) is 4.01. The molecule has 0 saturated heterocycles. The van der Waals surface area contributed by atoms with Crippen LogP contribution < -0.4 is 0 Å². The first-order chi connectivity index (χ1) is 5.62. The summed E-state index contributed by atoms with van der Waals surface area (Å²) in [6.45, 7) is 0. The van der Waals surface area contributed by atoms with E-state index in [1.807, 2.05) is 0 Å². The monoisotopic (exact) mass is 230 g/mol. The Morgan fingerprint density at radius 3 is 2.67 bits per heavy atom. The molecule has 2 rings (SSSR count). The van der Waals surface area contributed by atoms with E-state index in [-0.39, 0.29) is 5.82 Å². The summed E-state index contributed by atoms with van der Waals surface area (Å²) in [6, 6.07) is 4.39. The largest absolute Gasteiger partial charge is 0.385 e. The molecule has 0 spiro atoms. The van der Waals surface area contributed by atoms with Gasteiger partial charge in [0.15, 0.2) is 0 Å². The van der Waals surface area contributed by atoms with Gasteiger partial charge in [0.25, 0.3) is 0 Å². The highest BCUT2D eigenvalue weighted by atomic mass is 79.9. The fourth-order valence-corrected chi connectivity index (χ4v) is 1.86. The number of benzene rings is 1. The summed E-state index contributed by atoms with van der Waals surface area (Å²) in [5, 5.41) is 9.71. The van der Waals surface area contributed by atoms with Crippen molar-refractivity contribution in [3.63, 3.8) is 0 Å². The Kier molecular flexibility index (Phi) is 1.73. The topological polar surface area (TPSA) is 20.2 Å². The zero-order valence-corrected chi connectivity index (χ0v) is 7.94. The highest BCUT2D eigenvalue weighted by Crippen LogP contribution is 2.47. The normalized spacial score (nSPS) is 19.2. The van der Waals surface area contributed by atoms with E-state index in [1.165, 1.54) is 12.1 Å². The quantitative estimate of drug-likeness (QED) is 0.787. The van der Waals surface area contributed by atoms with Crippen molar-refractivity contribution in [2.75, 3.05) is 0 Å². The molecule has 12 heavy (non-hydrogen) atoms. The molecule has 0 aliphatic heterocycles. The van der Waals surface area contributed by atoms with E-state index in [2.05, 4.69) is 15.9 Å². The van der Waals surface area contributed by atoms with E-state index in [0.717, 1.165) is 17.3 Å². The minimum absolute atomic E-state index is 0.298. The molecule has 0 atom stereocenters. The van der Waals surface area contributed by atoms with Gasteiger partial charge in [0, 0.05) is 10.0 Å². The lowest BCUT2D eigenvalue weighted by Gasteiger charge is -2.09. The van der Waals surface area contributed by atoms with Crippen molar-refractivity contribution in [3.8, 4) is 0 Å². The summed E-state index contributed by atoms with van der Waals surface area (Å²) >= 11 is 3.28. The fraction of sp³-hybridized carbons (Fsp3) is 0.333. The third-order valence-corrected chi connectivity index (χ3v) is 2.84. The second-order valence-electron chi connectivity index (χ2n) is 3.16. The van der Waals surface area contributed by atoms with Crippen LogP contribution in [0.4, 0.5) is 4.39 Å². The van der Waals surface area contributed by atoms with E-state index in [0.29, 0.717) is 5.56 Å². The Balaban J connectivity index is 2.48. The van der Waals surface area contributed by atoms with Crippen molar-refractivity contribution in [2.24, 2.45) is 0 Å². The van der Waals surface area contributed by atoms with Gasteiger partial charge in [0.2, 0.25) is 0 Å². The molecular formula is C9H8BrFO. The van der Waals surface area contributed by atoms with Crippen LogP contribution in [0.1, 0.15) is 18.4 Å². The zero-order valence-electron chi connectivity index (χ0n) is 6.35. The molecule has 0 heterocycles. The lowest BCUT2D eigenvalue weighted by Crippen LogP contribution is -2.05. The van der Waals surface area contributed by atoms with Crippen LogP contribution in [0.2, 0.25) is 0 Å². The predicted octanol–water partition coefficient (Wildman–Crippen LogP) is 2.57. The van der Waals surface area contributed by atoms with Gasteiger partial charge in [-0.1, -0.05) is 15.9 Å². The molecule has 1 N–H and O–H groups in total. The van der Waals surface area contributed by atoms with Crippen LogP contribution in [0.15, 0.2) is 22.7 Å². The minimum Gasteiger partial charge on any atom is -0.385 e. The number of rotatable bonds is 1. The average molecular weight is 231 g/mol. The van der Waals surface area contributed by atoms with Gasteiger partial charge in [-0.05, 0) is 31.0 Å². The molecule has 0 aromatic heterocycles. The van der Waals surface area contributed by atoms with Crippen molar-refractivity contribution in [3.05, 3.63) is 34.1 Å². The molecule has 1 aliphatic rings. The highest BCUT2D eigenvalue weighted by Gasteiger charge is 2.43. The lowest BCUT2D eigenvalue weighted by atomic mass is 10.1. The molecule has 1 fully saturated rings. The smallest absolute Gasteiger partial charge is 0.123 e. The van der Waals surface area contributed by atoms with Gasteiger partial charge >= 0.3 is 0 Å². The van der Waals surface area contributed by atoms with E-state index >= 15 is 0 Å². The minimum atomic E-state index is -0.763. The molecule has 64 valence electrons. The Hall–Kier alpha value is -0.410. The maximum absolute atomic E-state index is 12.8. The number of halogens is 2. The zero-order chi connectivity index (χ0) is 8.77. The molecule has 3 heteroatoms. The summed E-state index contributed by atoms with van der Waals surface area (Å²) in [6.07, 6.45) is 1.46. The number of hydrogen-bond donors (Lipinski definition) is 1. The van der Waals surface area contributed by atoms with Crippen LogP contribution in [0, 0.1) is 5.82 Å². The number of aliphatic hydroxyl groups is 1. The standard InChI is InChI=1S/C9H8BrFO/c10-8-2-1-6(11)5-7(8)9(12)3-4-9/h1-2,5,12H,3-4H2. The Bertz CT molecular complexity index is 320. The van der Waals surface area contributed by atoms with Crippen LogP contribution in [-0.2, 0) is 5.60 Å². The molecule has 1 aromatic rings. The summed E-state index contributed by atoms with van der Waals surface area (Å²) in [7, 11) is 0. The Morgan fingerprint density at radius 2 is 2.08 bits per heavy atom. The van der Waals surface area contributed by atoms with Crippen LogP contribution in [-0.4, -0.2) is 5.11 Å². The van der Waals surface area contributed by atoms with Crippen molar-refractivity contribution in [1.82, 2.24) is 0 Å². The molecule has 1 aromatic carbocycles. The fourth-order valence-electron chi connectivity index (χ4n) is 1.24. The molecule has 0 radical (unpaired) electrons. The van der Waals surface area contributed by atoms with E-state index in [4.69, 9.17) is 0 Å². The van der Waals surface area contributed by atoms with E-state index < -0.39 is 5.60 Å². The van der Waals surface area contributed by atoms with Crippen molar-refractivity contribution in [1.29, 1.82) is 0 Å². The molecule has 1 aliphatic carbocycles. The Morgan fingerprint density at radius 1 is 1.42 bits per heavy atom. The van der Waals surface area contributed by atoms with Gasteiger partial charge in [-0.25, -0.2) is 4.39 Å². The molecule has 0 unspecified atom stereocenters. The third kappa shape index (κ3) is 1.27. The van der Waals surface area contributed by atoms with Crippen molar-refractivity contribution >= 4 is 15.9 Å². The summed E-state index contributed by atoms with van der Waals surface area (Å²) < 4.78 is 13.6. The summed E-state index contributed by atoms with van der Waals surface area (Å²) in [4.78, 5) is 0. The molecule has 1 nitrogen and oxygen atoms in total.